The molecule has 2 aromatic rings. The fraction of sp³-hybridized carbons (Fsp3) is 0.222. The Morgan fingerprint density at radius 2 is 1.92 bits per heavy atom. The molecule has 0 spiro atoms. The standard InChI is InChI=1S/C18H18N2O4/c1-12-5-13(2)7-15(6-12)22-10-18(21)20-19-9-14-3-4-16-17(8-14)24-11-23-16/h3-9H,10-11H2,1-2H3,(H,20,21)/b19-9-. The molecule has 0 saturated heterocycles. The Kier molecular flexibility index (Phi) is 4.65. The van der Waals surface area contributed by atoms with Crippen molar-refractivity contribution in [3.63, 3.8) is 0 Å². The summed E-state index contributed by atoms with van der Waals surface area (Å²) in [5.74, 6) is 1.72. The Hall–Kier alpha value is -3.02. The smallest absolute Gasteiger partial charge is 0.277 e. The first-order valence-corrected chi connectivity index (χ1v) is 7.53. The summed E-state index contributed by atoms with van der Waals surface area (Å²) in [6.07, 6.45) is 1.54. The van der Waals surface area contributed by atoms with E-state index in [2.05, 4.69) is 10.5 Å². The molecule has 1 amide bonds. The number of hydrogen-bond donors (Lipinski definition) is 1. The number of amides is 1. The number of hydrogen-bond acceptors (Lipinski definition) is 5. The van der Waals surface area contributed by atoms with E-state index < -0.39 is 0 Å². The van der Waals surface area contributed by atoms with E-state index in [1.54, 1.807) is 12.1 Å². The Balaban J connectivity index is 1.50. The van der Waals surface area contributed by atoms with Crippen LogP contribution in [0.1, 0.15) is 16.7 Å². The summed E-state index contributed by atoms with van der Waals surface area (Å²) in [7, 11) is 0. The lowest BCUT2D eigenvalue weighted by Gasteiger charge is -2.07. The van der Waals surface area contributed by atoms with E-state index in [0.29, 0.717) is 17.2 Å². The van der Waals surface area contributed by atoms with Gasteiger partial charge in [-0.2, -0.15) is 5.10 Å². The molecule has 1 heterocycles. The molecule has 3 rings (SSSR count). The van der Waals surface area contributed by atoms with Crippen LogP contribution in [0.3, 0.4) is 0 Å². The van der Waals surface area contributed by atoms with Gasteiger partial charge in [0, 0.05) is 0 Å². The molecule has 24 heavy (non-hydrogen) atoms. The van der Waals surface area contributed by atoms with Crippen LogP contribution in [0.2, 0.25) is 0 Å². The van der Waals surface area contributed by atoms with Crippen LogP contribution in [-0.4, -0.2) is 25.5 Å². The molecule has 1 N–H and O–H groups in total. The summed E-state index contributed by atoms with van der Waals surface area (Å²) >= 11 is 0. The molecule has 2 aromatic carbocycles. The number of aryl methyl sites for hydroxylation is 2. The highest BCUT2D eigenvalue weighted by Crippen LogP contribution is 2.31. The van der Waals surface area contributed by atoms with Crippen LogP contribution in [0.5, 0.6) is 17.2 Å². The zero-order valence-electron chi connectivity index (χ0n) is 13.5. The molecule has 1 aliphatic heterocycles. The number of nitrogens with one attached hydrogen (secondary N) is 1. The van der Waals surface area contributed by atoms with Crippen molar-refractivity contribution in [3.05, 3.63) is 53.1 Å². The minimum Gasteiger partial charge on any atom is -0.484 e. The van der Waals surface area contributed by atoms with Crippen molar-refractivity contribution in [1.29, 1.82) is 0 Å². The molecule has 0 atom stereocenters. The number of ether oxygens (including phenoxy) is 3. The molecule has 0 fully saturated rings. The average Bonchev–Trinajstić information content (AvgIpc) is 3.00. The maximum absolute atomic E-state index is 11.8. The van der Waals surface area contributed by atoms with Gasteiger partial charge in [-0.3, -0.25) is 4.79 Å². The van der Waals surface area contributed by atoms with Crippen LogP contribution >= 0.6 is 0 Å². The lowest BCUT2D eigenvalue weighted by Crippen LogP contribution is -2.24. The van der Waals surface area contributed by atoms with Gasteiger partial charge in [0.05, 0.1) is 6.21 Å². The van der Waals surface area contributed by atoms with Gasteiger partial charge in [0.2, 0.25) is 6.79 Å². The molecule has 124 valence electrons. The SMILES string of the molecule is Cc1cc(C)cc(OCC(=O)N/N=C\c2ccc3c(c2)OCO3)c1. The highest BCUT2D eigenvalue weighted by molar-refractivity contribution is 5.83. The largest absolute Gasteiger partial charge is 0.484 e. The van der Waals surface area contributed by atoms with E-state index in [4.69, 9.17) is 14.2 Å². The van der Waals surface area contributed by atoms with Crippen LogP contribution in [0, 0.1) is 13.8 Å². The summed E-state index contributed by atoms with van der Waals surface area (Å²) in [4.78, 5) is 11.8. The third-order valence-corrected chi connectivity index (χ3v) is 3.36. The first kappa shape index (κ1) is 15.9. The van der Waals surface area contributed by atoms with E-state index in [1.165, 1.54) is 6.21 Å². The monoisotopic (exact) mass is 326 g/mol. The lowest BCUT2D eigenvalue weighted by atomic mass is 10.1. The van der Waals surface area contributed by atoms with Gasteiger partial charge >= 0.3 is 0 Å². The number of benzene rings is 2. The Morgan fingerprint density at radius 1 is 1.17 bits per heavy atom. The second-order valence-corrected chi connectivity index (χ2v) is 5.52. The Morgan fingerprint density at radius 3 is 2.71 bits per heavy atom. The summed E-state index contributed by atoms with van der Waals surface area (Å²) in [6.45, 7) is 4.09. The molecule has 6 nitrogen and oxygen atoms in total. The van der Waals surface area contributed by atoms with Crippen LogP contribution in [0.4, 0.5) is 0 Å². The van der Waals surface area contributed by atoms with E-state index in [0.717, 1.165) is 16.7 Å². The fourth-order valence-corrected chi connectivity index (χ4v) is 2.37. The quantitative estimate of drug-likeness (QED) is 0.677. The zero-order chi connectivity index (χ0) is 16.9. The molecule has 0 radical (unpaired) electrons. The summed E-state index contributed by atoms with van der Waals surface area (Å²) in [6, 6.07) is 11.2. The maximum Gasteiger partial charge on any atom is 0.277 e. The lowest BCUT2D eigenvalue weighted by molar-refractivity contribution is -0.123. The van der Waals surface area contributed by atoms with Gasteiger partial charge in [-0.15, -0.1) is 0 Å². The number of rotatable bonds is 5. The van der Waals surface area contributed by atoms with Crippen molar-refractivity contribution in [2.45, 2.75) is 13.8 Å². The summed E-state index contributed by atoms with van der Waals surface area (Å²) in [5, 5.41) is 3.91. The van der Waals surface area contributed by atoms with E-state index in [9.17, 15) is 4.79 Å². The van der Waals surface area contributed by atoms with Crippen molar-refractivity contribution in [3.8, 4) is 17.2 Å². The molecule has 0 saturated carbocycles. The Bertz CT molecular complexity index is 766. The maximum atomic E-state index is 11.8. The van der Waals surface area contributed by atoms with Crippen LogP contribution in [0.15, 0.2) is 41.5 Å². The summed E-state index contributed by atoms with van der Waals surface area (Å²) < 4.78 is 16.0. The first-order chi connectivity index (χ1) is 11.6. The predicted octanol–water partition coefficient (Wildman–Crippen LogP) is 2.56. The van der Waals surface area contributed by atoms with Gasteiger partial charge in [0.15, 0.2) is 18.1 Å². The van der Waals surface area contributed by atoms with Crippen molar-refractivity contribution in [1.82, 2.24) is 5.43 Å². The molecule has 6 heteroatoms. The minimum atomic E-state index is -0.328. The highest BCUT2D eigenvalue weighted by atomic mass is 16.7. The third kappa shape index (κ3) is 4.04. The van der Waals surface area contributed by atoms with Crippen LogP contribution < -0.4 is 19.6 Å². The molecular formula is C18H18N2O4. The van der Waals surface area contributed by atoms with E-state index >= 15 is 0 Å². The van der Waals surface area contributed by atoms with Gasteiger partial charge < -0.3 is 14.2 Å². The van der Waals surface area contributed by atoms with Crippen LogP contribution in [0.25, 0.3) is 0 Å². The normalized spacial score (nSPS) is 12.4. The third-order valence-electron chi connectivity index (χ3n) is 3.36. The van der Waals surface area contributed by atoms with Gasteiger partial charge in [-0.05, 0) is 60.9 Å². The zero-order valence-corrected chi connectivity index (χ0v) is 13.5. The molecule has 0 aromatic heterocycles. The fourth-order valence-electron chi connectivity index (χ4n) is 2.37. The summed E-state index contributed by atoms with van der Waals surface area (Å²) in [5.41, 5.74) is 5.41. The van der Waals surface area contributed by atoms with E-state index in [-0.39, 0.29) is 19.3 Å². The minimum absolute atomic E-state index is 0.0959. The van der Waals surface area contributed by atoms with Crippen molar-refractivity contribution in [2.75, 3.05) is 13.4 Å². The molecule has 0 aliphatic carbocycles. The second-order valence-electron chi connectivity index (χ2n) is 5.52. The molecule has 1 aliphatic rings. The number of nitrogens with zero attached hydrogens (tertiary/aromatic N) is 1. The van der Waals surface area contributed by atoms with Gasteiger partial charge in [0.1, 0.15) is 5.75 Å². The average molecular weight is 326 g/mol. The number of carbonyl (C=O) groups is 1. The van der Waals surface area contributed by atoms with Crippen molar-refractivity contribution < 1.29 is 19.0 Å². The molecular weight excluding hydrogens is 308 g/mol. The number of fused-ring (bicyclic) bond motifs is 1. The topological polar surface area (TPSA) is 69.2 Å². The molecule has 0 unspecified atom stereocenters. The second kappa shape index (κ2) is 7.04. The van der Waals surface area contributed by atoms with Crippen LogP contribution in [-0.2, 0) is 4.79 Å². The van der Waals surface area contributed by atoms with E-state index in [1.807, 2.05) is 38.1 Å². The highest BCUT2D eigenvalue weighted by Gasteiger charge is 2.12. The van der Waals surface area contributed by atoms with Gasteiger partial charge in [-0.1, -0.05) is 6.07 Å². The Labute approximate surface area is 140 Å². The number of carbonyl (C=O) groups excluding carboxylic acids is 1. The number of hydrazone groups is 1. The van der Waals surface area contributed by atoms with Gasteiger partial charge in [0.25, 0.3) is 5.91 Å². The molecule has 0 bridgehead atoms. The van der Waals surface area contributed by atoms with Crippen molar-refractivity contribution >= 4 is 12.1 Å². The first-order valence-electron chi connectivity index (χ1n) is 7.53. The van der Waals surface area contributed by atoms with Crippen molar-refractivity contribution in [2.24, 2.45) is 5.10 Å². The predicted molar refractivity (Wildman–Crippen MR) is 89.7 cm³/mol. The van der Waals surface area contributed by atoms with Gasteiger partial charge in [-0.25, -0.2) is 5.43 Å².